The molecule has 1 aliphatic heterocycles. The van der Waals surface area contributed by atoms with Gasteiger partial charge in [0.05, 0.1) is 19.2 Å². The van der Waals surface area contributed by atoms with Crippen molar-refractivity contribution in [3.63, 3.8) is 0 Å². The third kappa shape index (κ3) is 4.27. The summed E-state index contributed by atoms with van der Waals surface area (Å²) in [5, 5.41) is 5.96. The fourth-order valence-corrected chi connectivity index (χ4v) is 2.87. The van der Waals surface area contributed by atoms with E-state index < -0.39 is 0 Å². The molecule has 1 aromatic rings. The van der Waals surface area contributed by atoms with Crippen LogP contribution in [0.1, 0.15) is 6.42 Å². The number of halogens is 1. The first-order valence-electron chi connectivity index (χ1n) is 7.13. The predicted octanol–water partition coefficient (Wildman–Crippen LogP) is 1.72. The zero-order valence-corrected chi connectivity index (χ0v) is 14.0. The van der Waals surface area contributed by atoms with Gasteiger partial charge in [0.2, 0.25) is 0 Å². The number of hydrogen-bond donors (Lipinski definition) is 2. The number of hydrogen-bond acceptors (Lipinski definition) is 5. The van der Waals surface area contributed by atoms with E-state index in [1.54, 1.807) is 18.2 Å². The van der Waals surface area contributed by atoms with Crippen LogP contribution in [-0.4, -0.2) is 56.8 Å². The zero-order valence-electron chi connectivity index (χ0n) is 13.3. The highest BCUT2D eigenvalue weighted by molar-refractivity contribution is 6.32. The number of ether oxygens (including phenoxy) is 2. The third-order valence-electron chi connectivity index (χ3n) is 3.77. The van der Waals surface area contributed by atoms with E-state index in [0.29, 0.717) is 29.4 Å². The maximum absolute atomic E-state index is 12.1. The second kappa shape index (κ2) is 7.52. The molecule has 1 fully saturated rings. The van der Waals surface area contributed by atoms with Crippen LogP contribution in [0.5, 0.6) is 5.75 Å². The molecule has 2 atom stereocenters. The molecule has 2 amide bonds. The normalized spacial score (nSPS) is 20.9. The minimum atomic E-state index is -0.352. The van der Waals surface area contributed by atoms with E-state index in [2.05, 4.69) is 10.6 Å². The monoisotopic (exact) mass is 341 g/mol. The molecular weight excluding hydrogens is 322 g/mol. The van der Waals surface area contributed by atoms with Gasteiger partial charge in [-0.25, -0.2) is 4.79 Å². The number of urea groups is 1. The summed E-state index contributed by atoms with van der Waals surface area (Å²) in [5.41, 5.74) is 0.559. The Hall–Kier alpha value is -1.99. The van der Waals surface area contributed by atoms with Crippen molar-refractivity contribution in [2.45, 2.75) is 18.5 Å². The molecule has 1 saturated heterocycles. The molecule has 0 aromatic heterocycles. The Morgan fingerprint density at radius 1 is 1.35 bits per heavy atom. The zero-order chi connectivity index (χ0) is 17.0. The summed E-state index contributed by atoms with van der Waals surface area (Å²) < 4.78 is 9.81. The maximum Gasteiger partial charge on any atom is 0.323 e. The van der Waals surface area contributed by atoms with Crippen LogP contribution in [0.3, 0.4) is 0 Å². The molecule has 8 heteroatoms. The highest BCUT2D eigenvalue weighted by atomic mass is 35.5. The van der Waals surface area contributed by atoms with Crippen molar-refractivity contribution in [1.29, 1.82) is 0 Å². The Labute approximate surface area is 139 Å². The van der Waals surface area contributed by atoms with Gasteiger partial charge < -0.3 is 20.1 Å². The second-order valence-corrected chi connectivity index (χ2v) is 5.77. The number of likely N-dealkylation sites (N-methyl/N-ethyl adjacent to an activating group) is 1. The number of anilines is 1. The van der Waals surface area contributed by atoms with Crippen LogP contribution >= 0.6 is 11.6 Å². The smallest absolute Gasteiger partial charge is 0.323 e. The van der Waals surface area contributed by atoms with Gasteiger partial charge in [-0.1, -0.05) is 11.6 Å². The Morgan fingerprint density at radius 2 is 2.09 bits per heavy atom. The van der Waals surface area contributed by atoms with Crippen LogP contribution in [0.25, 0.3) is 0 Å². The first-order chi connectivity index (χ1) is 10.9. The molecule has 0 spiro atoms. The van der Waals surface area contributed by atoms with Crippen LogP contribution in [0.2, 0.25) is 5.02 Å². The van der Waals surface area contributed by atoms with Gasteiger partial charge in [0.25, 0.3) is 0 Å². The maximum atomic E-state index is 12.1. The van der Waals surface area contributed by atoms with Gasteiger partial charge in [-0.3, -0.25) is 9.69 Å². The molecule has 2 N–H and O–H groups in total. The van der Waals surface area contributed by atoms with Gasteiger partial charge in [-0.05, 0) is 31.7 Å². The number of carbonyl (C=O) groups is 2. The number of rotatable bonds is 4. The average Bonchev–Trinajstić information content (AvgIpc) is 2.87. The van der Waals surface area contributed by atoms with Crippen molar-refractivity contribution >= 4 is 29.3 Å². The summed E-state index contributed by atoms with van der Waals surface area (Å²) in [6.45, 7) is 0.580. The van der Waals surface area contributed by atoms with Crippen LogP contribution in [0, 0.1) is 0 Å². The molecule has 0 unspecified atom stereocenters. The molecule has 0 radical (unpaired) electrons. The molecule has 2 rings (SSSR count). The highest BCUT2D eigenvalue weighted by Gasteiger charge is 2.35. The first kappa shape index (κ1) is 17.4. The number of nitrogens with zero attached hydrogens (tertiary/aromatic N) is 1. The van der Waals surface area contributed by atoms with E-state index in [4.69, 9.17) is 21.1 Å². The lowest BCUT2D eigenvalue weighted by atomic mass is 10.2. The second-order valence-electron chi connectivity index (χ2n) is 5.36. The van der Waals surface area contributed by atoms with E-state index >= 15 is 0 Å². The predicted molar refractivity (Wildman–Crippen MR) is 87.0 cm³/mol. The summed E-state index contributed by atoms with van der Waals surface area (Å²) in [5.74, 6) is 0.245. The molecule has 1 heterocycles. The van der Waals surface area contributed by atoms with Crippen molar-refractivity contribution in [1.82, 2.24) is 10.2 Å². The lowest BCUT2D eigenvalue weighted by molar-refractivity contribution is -0.145. The van der Waals surface area contributed by atoms with Crippen molar-refractivity contribution in [3.05, 3.63) is 23.2 Å². The van der Waals surface area contributed by atoms with Crippen LogP contribution in [0.15, 0.2) is 18.2 Å². The highest BCUT2D eigenvalue weighted by Crippen LogP contribution is 2.27. The Bertz CT molecular complexity index is 596. The minimum Gasteiger partial charge on any atom is -0.495 e. The Kier molecular flexibility index (Phi) is 5.68. The Morgan fingerprint density at radius 3 is 2.70 bits per heavy atom. The van der Waals surface area contributed by atoms with E-state index in [1.807, 2.05) is 11.9 Å². The van der Waals surface area contributed by atoms with Crippen LogP contribution in [0.4, 0.5) is 10.5 Å². The third-order valence-corrected chi connectivity index (χ3v) is 4.06. The summed E-state index contributed by atoms with van der Waals surface area (Å²) in [7, 11) is 4.71. The van der Waals surface area contributed by atoms with Gasteiger partial charge in [-0.2, -0.15) is 0 Å². The van der Waals surface area contributed by atoms with Crippen LogP contribution in [-0.2, 0) is 9.53 Å². The van der Waals surface area contributed by atoms with E-state index in [9.17, 15) is 9.59 Å². The van der Waals surface area contributed by atoms with Crippen molar-refractivity contribution in [2.24, 2.45) is 0 Å². The number of nitrogens with one attached hydrogen (secondary N) is 2. The molecule has 0 saturated carbocycles. The largest absolute Gasteiger partial charge is 0.495 e. The van der Waals surface area contributed by atoms with Gasteiger partial charge in [0, 0.05) is 18.3 Å². The first-order valence-corrected chi connectivity index (χ1v) is 7.51. The summed E-state index contributed by atoms with van der Waals surface area (Å²) >= 11 is 6.02. The SMILES string of the molecule is COC(=O)[C@@H]1C[C@H](NC(=O)Nc2ccc(OC)c(Cl)c2)CN1C. The molecule has 1 aliphatic rings. The van der Waals surface area contributed by atoms with E-state index in [-0.39, 0.29) is 24.1 Å². The number of esters is 1. The number of methoxy groups -OCH3 is 2. The fraction of sp³-hybridized carbons (Fsp3) is 0.467. The van der Waals surface area contributed by atoms with Crippen molar-refractivity contribution < 1.29 is 19.1 Å². The van der Waals surface area contributed by atoms with Crippen molar-refractivity contribution in [3.8, 4) is 5.75 Å². The number of likely N-dealkylation sites (tertiary alicyclic amines) is 1. The standard InChI is InChI=1S/C15H20ClN3O4/c1-19-8-10(7-12(19)14(20)23-3)18-15(21)17-9-4-5-13(22-2)11(16)6-9/h4-6,10,12H,7-8H2,1-3H3,(H2,17,18,21)/t10-,12-/m0/s1. The van der Waals surface area contributed by atoms with Gasteiger partial charge in [0.15, 0.2) is 0 Å². The summed E-state index contributed by atoms with van der Waals surface area (Å²) in [4.78, 5) is 25.5. The molecular formula is C15H20ClN3O4. The Balaban J connectivity index is 1.90. The number of amides is 2. The fourth-order valence-electron chi connectivity index (χ4n) is 2.61. The van der Waals surface area contributed by atoms with Gasteiger partial charge >= 0.3 is 12.0 Å². The molecule has 126 valence electrons. The van der Waals surface area contributed by atoms with Crippen LogP contribution < -0.4 is 15.4 Å². The molecule has 7 nitrogen and oxygen atoms in total. The average molecular weight is 342 g/mol. The topological polar surface area (TPSA) is 79.9 Å². The lowest BCUT2D eigenvalue weighted by Crippen LogP contribution is -2.39. The molecule has 0 aliphatic carbocycles. The van der Waals surface area contributed by atoms with Gasteiger partial charge in [0.1, 0.15) is 11.8 Å². The van der Waals surface area contributed by atoms with E-state index in [1.165, 1.54) is 14.2 Å². The van der Waals surface area contributed by atoms with Crippen molar-refractivity contribution in [2.75, 3.05) is 33.1 Å². The number of benzene rings is 1. The van der Waals surface area contributed by atoms with E-state index in [0.717, 1.165) is 0 Å². The van der Waals surface area contributed by atoms with Gasteiger partial charge in [-0.15, -0.1) is 0 Å². The lowest BCUT2D eigenvalue weighted by Gasteiger charge is -2.15. The molecule has 23 heavy (non-hydrogen) atoms. The molecule has 0 bridgehead atoms. The minimum absolute atomic E-state index is 0.127. The summed E-state index contributed by atoms with van der Waals surface area (Å²) in [6, 6.07) is 4.17. The molecule has 1 aromatic carbocycles. The number of carbonyl (C=O) groups excluding carboxylic acids is 2. The quantitative estimate of drug-likeness (QED) is 0.815. The summed E-state index contributed by atoms with van der Waals surface area (Å²) in [6.07, 6.45) is 0.514.